The summed E-state index contributed by atoms with van der Waals surface area (Å²) in [6.07, 6.45) is 4.43. The van der Waals surface area contributed by atoms with Gasteiger partial charge in [-0.1, -0.05) is 18.0 Å². The molecule has 0 unspecified atom stereocenters. The van der Waals surface area contributed by atoms with Gasteiger partial charge in [0, 0.05) is 17.2 Å². The van der Waals surface area contributed by atoms with Crippen LogP contribution >= 0.6 is 11.6 Å². The Morgan fingerprint density at radius 3 is 2.43 bits per heavy atom. The Hall–Kier alpha value is -3.33. The number of non-ortho nitro benzene ring substituents is 1. The van der Waals surface area contributed by atoms with Crippen LogP contribution in [0.5, 0.6) is 11.5 Å². The zero-order chi connectivity index (χ0) is 21.3. The van der Waals surface area contributed by atoms with E-state index in [-0.39, 0.29) is 17.6 Å². The molecule has 0 aromatic heterocycles. The van der Waals surface area contributed by atoms with E-state index in [0.29, 0.717) is 22.2 Å². The molecule has 2 aromatic rings. The lowest BCUT2D eigenvalue weighted by Crippen LogP contribution is -2.58. The highest BCUT2D eigenvalue weighted by Crippen LogP contribution is 2.42. The first-order chi connectivity index (χ1) is 14.4. The summed E-state index contributed by atoms with van der Waals surface area (Å²) < 4.78 is 5.86. The van der Waals surface area contributed by atoms with Crippen LogP contribution in [0, 0.1) is 10.1 Å². The lowest BCUT2D eigenvalue weighted by atomic mass is 9.87. The normalized spacial score (nSPS) is 18.0. The first-order valence-corrected chi connectivity index (χ1v) is 9.97. The first kappa shape index (κ1) is 20.0. The molecule has 2 aliphatic rings. The van der Waals surface area contributed by atoms with Gasteiger partial charge in [0.05, 0.1) is 16.7 Å². The van der Waals surface area contributed by atoms with Gasteiger partial charge in [0.15, 0.2) is 0 Å². The molecule has 0 amide bonds. The molecule has 0 radical (unpaired) electrons. The second-order valence-corrected chi connectivity index (χ2v) is 7.75. The summed E-state index contributed by atoms with van der Waals surface area (Å²) in [5.74, 6) is 1.07. The SMILES string of the molecule is NC1=NC2(CCCCC2)N(c2cc(Oc3ccc(Cl)cc3)cc([N+](=O)[O-])c2)C(N)=N1. The maximum atomic E-state index is 11.6. The molecule has 0 bridgehead atoms. The number of nitro benzene ring substituents is 1. The molecule has 1 aliphatic heterocycles. The van der Waals surface area contributed by atoms with Crippen LogP contribution < -0.4 is 21.1 Å². The zero-order valence-electron chi connectivity index (χ0n) is 16.1. The summed E-state index contributed by atoms with van der Waals surface area (Å²) in [4.78, 5) is 21.6. The number of ether oxygens (including phenoxy) is 1. The Kier molecular flexibility index (Phi) is 5.21. The summed E-state index contributed by atoms with van der Waals surface area (Å²) in [6.45, 7) is 0. The van der Waals surface area contributed by atoms with Gasteiger partial charge in [0.25, 0.3) is 5.69 Å². The van der Waals surface area contributed by atoms with Crippen molar-refractivity contribution in [2.75, 3.05) is 4.90 Å². The summed E-state index contributed by atoms with van der Waals surface area (Å²) >= 11 is 5.92. The Labute approximate surface area is 178 Å². The number of halogens is 1. The van der Waals surface area contributed by atoms with Crippen molar-refractivity contribution in [1.29, 1.82) is 0 Å². The number of nitrogens with zero attached hydrogens (tertiary/aromatic N) is 4. The van der Waals surface area contributed by atoms with Crippen molar-refractivity contribution in [2.24, 2.45) is 21.5 Å². The molecule has 156 valence electrons. The van der Waals surface area contributed by atoms with Gasteiger partial charge < -0.3 is 16.2 Å². The molecule has 1 aliphatic carbocycles. The van der Waals surface area contributed by atoms with Gasteiger partial charge in [-0.2, -0.15) is 4.99 Å². The molecule has 2 aromatic carbocycles. The molecule has 9 nitrogen and oxygen atoms in total. The van der Waals surface area contributed by atoms with Crippen LogP contribution in [0.3, 0.4) is 0 Å². The van der Waals surface area contributed by atoms with E-state index in [2.05, 4.69) is 9.98 Å². The number of benzene rings is 2. The molecule has 1 saturated carbocycles. The van der Waals surface area contributed by atoms with E-state index in [9.17, 15) is 10.1 Å². The molecular weight excluding hydrogens is 408 g/mol. The van der Waals surface area contributed by atoms with Gasteiger partial charge in [-0.3, -0.25) is 15.0 Å². The summed E-state index contributed by atoms with van der Waals surface area (Å²) in [7, 11) is 0. The minimum atomic E-state index is -0.707. The van der Waals surface area contributed by atoms with E-state index in [4.69, 9.17) is 27.8 Å². The van der Waals surface area contributed by atoms with Crippen LogP contribution in [0.2, 0.25) is 5.02 Å². The summed E-state index contributed by atoms with van der Waals surface area (Å²) in [6, 6.07) is 11.2. The molecule has 1 fully saturated rings. The van der Waals surface area contributed by atoms with Gasteiger partial charge in [0.1, 0.15) is 17.2 Å². The fourth-order valence-corrected chi connectivity index (χ4v) is 4.12. The van der Waals surface area contributed by atoms with E-state index in [1.165, 1.54) is 12.1 Å². The van der Waals surface area contributed by atoms with Crippen LogP contribution in [-0.2, 0) is 0 Å². The second kappa shape index (κ2) is 7.83. The van der Waals surface area contributed by atoms with Crippen molar-refractivity contribution < 1.29 is 9.66 Å². The van der Waals surface area contributed by atoms with Crippen molar-refractivity contribution >= 4 is 34.9 Å². The largest absolute Gasteiger partial charge is 0.457 e. The smallest absolute Gasteiger partial charge is 0.275 e. The monoisotopic (exact) mass is 428 g/mol. The molecule has 1 heterocycles. The minimum Gasteiger partial charge on any atom is -0.457 e. The fourth-order valence-electron chi connectivity index (χ4n) is 3.99. The topological polar surface area (TPSA) is 132 Å². The van der Waals surface area contributed by atoms with Crippen LogP contribution in [-0.4, -0.2) is 22.5 Å². The highest BCUT2D eigenvalue weighted by atomic mass is 35.5. The Bertz CT molecular complexity index is 1030. The van der Waals surface area contributed by atoms with E-state index >= 15 is 0 Å². The van der Waals surface area contributed by atoms with Crippen LogP contribution in [0.4, 0.5) is 11.4 Å². The van der Waals surface area contributed by atoms with Crippen LogP contribution in [0.15, 0.2) is 52.4 Å². The van der Waals surface area contributed by atoms with Crippen molar-refractivity contribution in [2.45, 2.75) is 37.8 Å². The fraction of sp³-hybridized carbons (Fsp3) is 0.300. The lowest BCUT2D eigenvalue weighted by Gasteiger charge is -2.45. The van der Waals surface area contributed by atoms with Gasteiger partial charge >= 0.3 is 0 Å². The van der Waals surface area contributed by atoms with E-state index < -0.39 is 10.6 Å². The molecule has 10 heteroatoms. The lowest BCUT2D eigenvalue weighted by molar-refractivity contribution is -0.384. The number of hydrogen-bond acceptors (Lipinski definition) is 8. The third kappa shape index (κ3) is 3.88. The quantitative estimate of drug-likeness (QED) is 0.555. The Morgan fingerprint density at radius 2 is 1.77 bits per heavy atom. The van der Waals surface area contributed by atoms with E-state index in [0.717, 1.165) is 32.1 Å². The van der Waals surface area contributed by atoms with Crippen molar-refractivity contribution in [1.82, 2.24) is 0 Å². The predicted octanol–water partition coefficient (Wildman–Crippen LogP) is 4.15. The number of anilines is 1. The molecule has 4 rings (SSSR count). The van der Waals surface area contributed by atoms with Gasteiger partial charge in [-0.25, -0.2) is 4.99 Å². The molecule has 30 heavy (non-hydrogen) atoms. The van der Waals surface area contributed by atoms with Crippen molar-refractivity contribution in [3.63, 3.8) is 0 Å². The summed E-state index contributed by atoms with van der Waals surface area (Å²) in [5.41, 5.74) is 11.8. The maximum absolute atomic E-state index is 11.6. The van der Waals surface area contributed by atoms with Gasteiger partial charge in [-0.05, 0) is 49.9 Å². The number of nitrogens with two attached hydrogens (primary N) is 2. The van der Waals surface area contributed by atoms with Crippen molar-refractivity contribution in [3.8, 4) is 11.5 Å². The predicted molar refractivity (Wildman–Crippen MR) is 116 cm³/mol. The Morgan fingerprint density at radius 1 is 1.07 bits per heavy atom. The summed E-state index contributed by atoms with van der Waals surface area (Å²) in [5, 5.41) is 12.2. The molecule has 0 saturated heterocycles. The minimum absolute atomic E-state index is 0.119. The third-order valence-corrected chi connectivity index (χ3v) is 5.50. The highest BCUT2D eigenvalue weighted by Gasteiger charge is 2.43. The maximum Gasteiger partial charge on any atom is 0.275 e. The van der Waals surface area contributed by atoms with Gasteiger partial charge in [-0.15, -0.1) is 0 Å². The van der Waals surface area contributed by atoms with E-state index in [1.54, 1.807) is 35.2 Å². The standard InChI is InChI=1S/C20H21ClN6O3/c21-13-4-6-16(7-5-13)30-17-11-14(10-15(12-17)27(28)29)26-19(23)24-18(22)25-20(26)8-2-1-3-9-20/h4-7,10-12H,1-3,8-9H2,(H4,22,23,24,25). The number of guanidine groups is 2. The number of nitro groups is 1. The zero-order valence-corrected chi connectivity index (χ0v) is 16.9. The molecule has 0 atom stereocenters. The van der Waals surface area contributed by atoms with Crippen molar-refractivity contribution in [3.05, 3.63) is 57.6 Å². The van der Waals surface area contributed by atoms with Crippen LogP contribution in [0.1, 0.15) is 32.1 Å². The number of hydrogen-bond donors (Lipinski definition) is 2. The second-order valence-electron chi connectivity index (χ2n) is 7.32. The van der Waals surface area contributed by atoms with E-state index in [1.807, 2.05) is 0 Å². The average Bonchev–Trinajstić information content (AvgIpc) is 2.69. The molecule has 1 spiro atoms. The highest BCUT2D eigenvalue weighted by molar-refractivity contribution is 6.30. The number of rotatable bonds is 4. The van der Waals surface area contributed by atoms with Crippen LogP contribution in [0.25, 0.3) is 0 Å². The Balaban J connectivity index is 1.78. The first-order valence-electron chi connectivity index (χ1n) is 9.59. The average molecular weight is 429 g/mol. The molecular formula is C20H21ClN6O3. The third-order valence-electron chi connectivity index (χ3n) is 5.25. The molecule has 4 N–H and O–H groups in total. The van der Waals surface area contributed by atoms with Gasteiger partial charge in [0.2, 0.25) is 11.9 Å². The number of aliphatic imine (C=N–C) groups is 2.